The van der Waals surface area contributed by atoms with Crippen molar-refractivity contribution in [1.82, 2.24) is 9.88 Å². The van der Waals surface area contributed by atoms with Crippen molar-refractivity contribution < 1.29 is 5.11 Å². The summed E-state index contributed by atoms with van der Waals surface area (Å²) in [5, 5.41) is 9.49. The highest BCUT2D eigenvalue weighted by molar-refractivity contribution is 5.12. The fraction of sp³-hybridized carbons (Fsp3) is 0.643. The summed E-state index contributed by atoms with van der Waals surface area (Å²) in [6.07, 6.45) is 1.88. The van der Waals surface area contributed by atoms with Crippen LogP contribution in [0.3, 0.4) is 0 Å². The molecule has 0 spiro atoms. The number of hydrogen-bond donors (Lipinski definition) is 1. The van der Waals surface area contributed by atoms with E-state index < -0.39 is 0 Å². The lowest BCUT2D eigenvalue weighted by molar-refractivity contribution is 0.0606. The molecule has 0 aliphatic heterocycles. The van der Waals surface area contributed by atoms with E-state index in [0.29, 0.717) is 0 Å². The highest BCUT2D eigenvalue weighted by atomic mass is 16.3. The average molecular weight is 236 g/mol. The van der Waals surface area contributed by atoms with E-state index in [-0.39, 0.29) is 18.1 Å². The molecule has 1 aromatic heterocycles. The molecule has 1 unspecified atom stereocenters. The van der Waals surface area contributed by atoms with Gasteiger partial charge >= 0.3 is 0 Å². The molecule has 0 aliphatic carbocycles. The molecule has 3 nitrogen and oxygen atoms in total. The third-order valence-electron chi connectivity index (χ3n) is 3.09. The van der Waals surface area contributed by atoms with E-state index in [1.54, 1.807) is 0 Å². The molecule has 1 rings (SSSR count). The summed E-state index contributed by atoms with van der Waals surface area (Å²) in [6.45, 7) is 9.41. The summed E-state index contributed by atoms with van der Waals surface area (Å²) >= 11 is 0. The average Bonchev–Trinajstić information content (AvgIpc) is 2.20. The number of hydrogen-bond acceptors (Lipinski definition) is 3. The maximum Gasteiger partial charge on any atom is 0.0591 e. The van der Waals surface area contributed by atoms with Crippen molar-refractivity contribution >= 4 is 0 Å². The Morgan fingerprint density at radius 1 is 1.35 bits per heavy atom. The molecule has 0 aliphatic rings. The van der Waals surface area contributed by atoms with E-state index in [4.69, 9.17) is 0 Å². The lowest BCUT2D eigenvalue weighted by Crippen LogP contribution is -2.44. The minimum atomic E-state index is 0.0637. The molecule has 0 amide bonds. The van der Waals surface area contributed by atoms with Gasteiger partial charge in [-0.1, -0.05) is 26.8 Å². The van der Waals surface area contributed by atoms with Crippen LogP contribution in [0.25, 0.3) is 0 Å². The SMILES string of the molecule is Cc1ccc(CN(C)C(CO)C(C)(C)C)nc1. The summed E-state index contributed by atoms with van der Waals surface area (Å²) in [7, 11) is 2.04. The van der Waals surface area contributed by atoms with Gasteiger partial charge in [-0.25, -0.2) is 0 Å². The van der Waals surface area contributed by atoms with Crippen LogP contribution in [0, 0.1) is 12.3 Å². The Balaban J connectivity index is 2.70. The van der Waals surface area contributed by atoms with Crippen molar-refractivity contribution in [3.8, 4) is 0 Å². The van der Waals surface area contributed by atoms with Crippen LogP contribution < -0.4 is 0 Å². The molecule has 1 N–H and O–H groups in total. The number of pyridine rings is 1. The number of nitrogens with zero attached hydrogens (tertiary/aromatic N) is 2. The van der Waals surface area contributed by atoms with Crippen molar-refractivity contribution in [2.24, 2.45) is 5.41 Å². The van der Waals surface area contributed by atoms with E-state index >= 15 is 0 Å². The van der Waals surface area contributed by atoms with Gasteiger partial charge in [-0.2, -0.15) is 0 Å². The fourth-order valence-corrected chi connectivity index (χ4v) is 2.03. The van der Waals surface area contributed by atoms with Crippen molar-refractivity contribution in [3.63, 3.8) is 0 Å². The number of aliphatic hydroxyl groups excluding tert-OH is 1. The first kappa shape index (κ1) is 14.1. The Bertz CT molecular complexity index is 340. The van der Waals surface area contributed by atoms with E-state index in [2.05, 4.69) is 36.7 Å². The van der Waals surface area contributed by atoms with Gasteiger partial charge in [0.25, 0.3) is 0 Å². The molecule has 1 heterocycles. The zero-order chi connectivity index (χ0) is 13.1. The van der Waals surface area contributed by atoms with Crippen molar-refractivity contribution in [3.05, 3.63) is 29.6 Å². The van der Waals surface area contributed by atoms with E-state index in [9.17, 15) is 5.11 Å². The van der Waals surface area contributed by atoms with Gasteiger partial charge in [0.1, 0.15) is 0 Å². The number of aliphatic hydroxyl groups is 1. The van der Waals surface area contributed by atoms with Gasteiger partial charge in [-0.15, -0.1) is 0 Å². The molecule has 0 saturated heterocycles. The van der Waals surface area contributed by atoms with Crippen LogP contribution in [0.1, 0.15) is 32.0 Å². The second-order valence-electron chi connectivity index (χ2n) is 5.81. The Kier molecular flexibility index (Phi) is 4.66. The van der Waals surface area contributed by atoms with E-state index in [1.807, 2.05) is 26.2 Å². The van der Waals surface area contributed by atoms with Crippen molar-refractivity contribution in [1.29, 1.82) is 0 Å². The molecule has 0 radical (unpaired) electrons. The van der Waals surface area contributed by atoms with Gasteiger partial charge in [-0.05, 0) is 31.0 Å². The molecular formula is C14H24N2O. The molecule has 1 atom stereocenters. The fourth-order valence-electron chi connectivity index (χ4n) is 2.03. The largest absolute Gasteiger partial charge is 0.395 e. The van der Waals surface area contributed by atoms with Crippen LogP contribution in [0.15, 0.2) is 18.3 Å². The Morgan fingerprint density at radius 3 is 2.41 bits per heavy atom. The number of rotatable bonds is 4. The van der Waals surface area contributed by atoms with Crippen LogP contribution in [0.4, 0.5) is 0 Å². The van der Waals surface area contributed by atoms with E-state index in [0.717, 1.165) is 12.2 Å². The maximum absolute atomic E-state index is 9.49. The molecule has 1 aromatic rings. The quantitative estimate of drug-likeness (QED) is 0.871. The van der Waals surface area contributed by atoms with Crippen LogP contribution in [-0.4, -0.2) is 34.7 Å². The smallest absolute Gasteiger partial charge is 0.0591 e. The first-order valence-electron chi connectivity index (χ1n) is 6.07. The van der Waals surface area contributed by atoms with Crippen LogP contribution in [0.2, 0.25) is 0 Å². The van der Waals surface area contributed by atoms with E-state index in [1.165, 1.54) is 5.56 Å². The summed E-state index contributed by atoms with van der Waals surface area (Å²) in [5.41, 5.74) is 2.28. The number of likely N-dealkylation sites (N-methyl/N-ethyl adjacent to an activating group) is 1. The van der Waals surface area contributed by atoms with Gasteiger partial charge in [0, 0.05) is 18.8 Å². The Hall–Kier alpha value is -0.930. The Labute approximate surface area is 104 Å². The van der Waals surface area contributed by atoms with Crippen LogP contribution in [0.5, 0.6) is 0 Å². The lowest BCUT2D eigenvalue weighted by atomic mass is 9.86. The third-order valence-corrected chi connectivity index (χ3v) is 3.09. The second kappa shape index (κ2) is 5.61. The summed E-state index contributed by atoms with van der Waals surface area (Å²) < 4.78 is 0. The zero-order valence-electron chi connectivity index (χ0n) is 11.6. The highest BCUT2D eigenvalue weighted by Crippen LogP contribution is 2.24. The molecule has 96 valence electrons. The maximum atomic E-state index is 9.49. The molecule has 17 heavy (non-hydrogen) atoms. The molecule has 0 fully saturated rings. The predicted octanol–water partition coefficient (Wildman–Crippen LogP) is 2.23. The van der Waals surface area contributed by atoms with Gasteiger partial charge in [0.05, 0.1) is 12.3 Å². The van der Waals surface area contributed by atoms with Crippen molar-refractivity contribution in [2.75, 3.05) is 13.7 Å². The first-order chi connectivity index (χ1) is 7.84. The van der Waals surface area contributed by atoms with Gasteiger partial charge in [-0.3, -0.25) is 9.88 Å². The summed E-state index contributed by atoms with van der Waals surface area (Å²) in [6, 6.07) is 4.26. The van der Waals surface area contributed by atoms with Crippen LogP contribution >= 0.6 is 0 Å². The summed E-state index contributed by atoms with van der Waals surface area (Å²) in [4.78, 5) is 6.56. The van der Waals surface area contributed by atoms with Crippen molar-refractivity contribution in [2.45, 2.75) is 40.3 Å². The predicted molar refractivity (Wildman–Crippen MR) is 70.8 cm³/mol. The molecule has 3 heteroatoms. The number of aryl methyl sites for hydroxylation is 1. The van der Waals surface area contributed by atoms with Gasteiger partial charge in [0.2, 0.25) is 0 Å². The monoisotopic (exact) mass is 236 g/mol. The minimum absolute atomic E-state index is 0.0637. The standard InChI is InChI=1S/C14H24N2O/c1-11-6-7-12(15-8-11)9-16(5)13(10-17)14(2,3)4/h6-8,13,17H,9-10H2,1-5H3. The van der Waals surface area contributed by atoms with Gasteiger partial charge < -0.3 is 5.11 Å². The Morgan fingerprint density at radius 2 is 2.00 bits per heavy atom. The van der Waals surface area contributed by atoms with Crippen LogP contribution in [-0.2, 0) is 6.54 Å². The molecule has 0 saturated carbocycles. The first-order valence-corrected chi connectivity index (χ1v) is 6.07. The molecular weight excluding hydrogens is 212 g/mol. The minimum Gasteiger partial charge on any atom is -0.395 e. The normalized spacial score (nSPS) is 14.1. The zero-order valence-corrected chi connectivity index (χ0v) is 11.6. The number of aromatic nitrogens is 1. The molecule has 0 aromatic carbocycles. The molecule has 0 bridgehead atoms. The third kappa shape index (κ3) is 4.10. The topological polar surface area (TPSA) is 36.4 Å². The summed E-state index contributed by atoms with van der Waals surface area (Å²) in [5.74, 6) is 0. The highest BCUT2D eigenvalue weighted by Gasteiger charge is 2.27. The lowest BCUT2D eigenvalue weighted by Gasteiger charge is -2.36. The second-order valence-corrected chi connectivity index (χ2v) is 5.81. The van der Waals surface area contributed by atoms with Gasteiger partial charge in [0.15, 0.2) is 0 Å².